The van der Waals surface area contributed by atoms with Gasteiger partial charge in [0, 0.05) is 32.4 Å². The molecule has 24 heavy (non-hydrogen) atoms. The van der Waals surface area contributed by atoms with Crippen molar-refractivity contribution >= 4 is 29.9 Å². The van der Waals surface area contributed by atoms with Gasteiger partial charge in [-0.15, -0.1) is 12.4 Å². The minimum Gasteiger partial charge on any atom is -0.383 e. The van der Waals surface area contributed by atoms with Crippen LogP contribution >= 0.6 is 12.4 Å². The van der Waals surface area contributed by atoms with Crippen LogP contribution in [0, 0.1) is 5.92 Å². The number of nitrogens with zero attached hydrogens (tertiary/aromatic N) is 1. The van der Waals surface area contributed by atoms with E-state index >= 15 is 0 Å². The molecule has 0 saturated carbocycles. The highest BCUT2D eigenvalue weighted by molar-refractivity contribution is 5.93. The average Bonchev–Trinajstić information content (AvgIpc) is 2.59. The van der Waals surface area contributed by atoms with Crippen molar-refractivity contribution in [3.05, 3.63) is 30.3 Å². The Kier molecular flexibility index (Phi) is 9.37. The van der Waals surface area contributed by atoms with Crippen LogP contribution in [-0.2, 0) is 14.3 Å². The summed E-state index contributed by atoms with van der Waals surface area (Å²) in [6, 6.07) is 9.41. The zero-order valence-electron chi connectivity index (χ0n) is 14.0. The minimum absolute atomic E-state index is 0. The van der Waals surface area contributed by atoms with E-state index in [0.29, 0.717) is 19.7 Å². The Hall–Kier alpha value is -1.63. The third-order valence-electron chi connectivity index (χ3n) is 3.95. The molecule has 0 spiro atoms. The minimum atomic E-state index is -0.146. The predicted octanol–water partition coefficient (Wildman–Crippen LogP) is 1.52. The molecular weight excluding hydrogens is 330 g/mol. The SMILES string of the molecule is COCCNCC(=O)N1CCCC(C(=O)Nc2ccccc2)C1.Cl. The fraction of sp³-hybridized carbons (Fsp3) is 0.529. The Balaban J connectivity index is 0.00000288. The van der Waals surface area contributed by atoms with Gasteiger partial charge in [-0.25, -0.2) is 0 Å². The van der Waals surface area contributed by atoms with Crippen LogP contribution in [0.4, 0.5) is 5.69 Å². The summed E-state index contributed by atoms with van der Waals surface area (Å²) >= 11 is 0. The molecule has 1 aliphatic rings. The van der Waals surface area contributed by atoms with Gasteiger partial charge in [0.2, 0.25) is 11.8 Å². The van der Waals surface area contributed by atoms with Crippen molar-refractivity contribution in [3.63, 3.8) is 0 Å². The van der Waals surface area contributed by atoms with Gasteiger partial charge in [0.1, 0.15) is 0 Å². The zero-order chi connectivity index (χ0) is 16.5. The van der Waals surface area contributed by atoms with Gasteiger partial charge in [-0.3, -0.25) is 9.59 Å². The number of ether oxygens (including phenoxy) is 1. The Morgan fingerprint density at radius 2 is 2.04 bits per heavy atom. The standard InChI is InChI=1S/C17H25N3O3.ClH/c1-23-11-9-18-12-16(21)20-10-5-6-14(13-20)17(22)19-15-7-3-2-4-8-15;/h2-4,7-8,14,18H,5-6,9-13H2,1H3,(H,19,22);1H. The van der Waals surface area contributed by atoms with Crippen molar-refractivity contribution in [2.45, 2.75) is 12.8 Å². The van der Waals surface area contributed by atoms with E-state index < -0.39 is 0 Å². The topological polar surface area (TPSA) is 70.7 Å². The summed E-state index contributed by atoms with van der Waals surface area (Å²) in [5, 5.41) is 5.97. The van der Waals surface area contributed by atoms with Gasteiger partial charge in [0.15, 0.2) is 0 Å². The molecule has 0 bridgehead atoms. The molecule has 2 amide bonds. The van der Waals surface area contributed by atoms with Gasteiger partial charge in [0.25, 0.3) is 0 Å². The lowest BCUT2D eigenvalue weighted by atomic mass is 9.97. The molecule has 1 atom stereocenters. The van der Waals surface area contributed by atoms with Crippen molar-refractivity contribution in [2.75, 3.05) is 45.2 Å². The van der Waals surface area contributed by atoms with Crippen LogP contribution in [0.3, 0.4) is 0 Å². The maximum atomic E-state index is 12.4. The van der Waals surface area contributed by atoms with Crippen LogP contribution in [0.25, 0.3) is 0 Å². The molecule has 1 aromatic rings. The first-order chi connectivity index (χ1) is 11.2. The number of benzene rings is 1. The van der Waals surface area contributed by atoms with Gasteiger partial charge in [-0.2, -0.15) is 0 Å². The van der Waals surface area contributed by atoms with Crippen molar-refractivity contribution in [3.8, 4) is 0 Å². The highest BCUT2D eigenvalue weighted by Crippen LogP contribution is 2.18. The molecule has 1 unspecified atom stereocenters. The predicted molar refractivity (Wildman–Crippen MR) is 96.4 cm³/mol. The van der Waals surface area contributed by atoms with Gasteiger partial charge >= 0.3 is 0 Å². The molecule has 1 saturated heterocycles. The average molecular weight is 356 g/mol. The first kappa shape index (κ1) is 20.4. The summed E-state index contributed by atoms with van der Waals surface area (Å²) < 4.78 is 4.93. The van der Waals surface area contributed by atoms with Crippen molar-refractivity contribution in [1.82, 2.24) is 10.2 Å². The van der Waals surface area contributed by atoms with Crippen molar-refractivity contribution in [2.24, 2.45) is 5.92 Å². The number of rotatable bonds is 7. The molecule has 2 rings (SSSR count). The molecule has 1 aromatic carbocycles. The number of anilines is 1. The summed E-state index contributed by atoms with van der Waals surface area (Å²) in [5.41, 5.74) is 0.794. The summed E-state index contributed by atoms with van der Waals surface area (Å²) in [5.74, 6) is -0.119. The number of likely N-dealkylation sites (tertiary alicyclic amines) is 1. The lowest BCUT2D eigenvalue weighted by Crippen LogP contribution is -2.47. The number of carbonyl (C=O) groups is 2. The molecule has 2 N–H and O–H groups in total. The highest BCUT2D eigenvalue weighted by atomic mass is 35.5. The number of nitrogens with one attached hydrogen (secondary N) is 2. The van der Waals surface area contributed by atoms with Crippen LogP contribution in [0.2, 0.25) is 0 Å². The maximum Gasteiger partial charge on any atom is 0.236 e. The summed E-state index contributed by atoms with van der Waals surface area (Å²) in [4.78, 5) is 26.3. The molecule has 1 heterocycles. The second-order valence-electron chi connectivity index (χ2n) is 5.70. The molecule has 1 fully saturated rings. The quantitative estimate of drug-likeness (QED) is 0.727. The van der Waals surface area contributed by atoms with E-state index in [1.54, 1.807) is 12.0 Å². The molecule has 0 aliphatic carbocycles. The van der Waals surface area contributed by atoms with Crippen LogP contribution in [0.15, 0.2) is 30.3 Å². The van der Waals surface area contributed by atoms with Gasteiger partial charge < -0.3 is 20.3 Å². The van der Waals surface area contributed by atoms with Gasteiger partial charge in [-0.05, 0) is 25.0 Å². The number of halogens is 1. The number of methoxy groups -OCH3 is 1. The van der Waals surface area contributed by atoms with E-state index in [1.165, 1.54) is 0 Å². The second kappa shape index (κ2) is 11.0. The highest BCUT2D eigenvalue weighted by Gasteiger charge is 2.28. The molecule has 0 aromatic heterocycles. The smallest absolute Gasteiger partial charge is 0.236 e. The van der Waals surface area contributed by atoms with E-state index in [-0.39, 0.29) is 36.7 Å². The Morgan fingerprint density at radius 1 is 1.29 bits per heavy atom. The third-order valence-corrected chi connectivity index (χ3v) is 3.95. The fourth-order valence-electron chi connectivity index (χ4n) is 2.66. The zero-order valence-corrected chi connectivity index (χ0v) is 14.8. The van der Waals surface area contributed by atoms with Crippen molar-refractivity contribution < 1.29 is 14.3 Å². The molecule has 0 radical (unpaired) electrons. The maximum absolute atomic E-state index is 12.4. The number of hydrogen-bond acceptors (Lipinski definition) is 4. The number of hydrogen-bond donors (Lipinski definition) is 2. The number of carbonyl (C=O) groups excluding carboxylic acids is 2. The Bertz CT molecular complexity index is 513. The van der Waals surface area contributed by atoms with E-state index in [0.717, 1.165) is 25.1 Å². The normalized spacial score (nSPS) is 17.0. The van der Waals surface area contributed by atoms with Crippen LogP contribution in [0.1, 0.15) is 12.8 Å². The Morgan fingerprint density at radius 3 is 2.75 bits per heavy atom. The van der Waals surface area contributed by atoms with Crippen LogP contribution in [-0.4, -0.2) is 56.6 Å². The first-order valence-corrected chi connectivity index (χ1v) is 8.04. The van der Waals surface area contributed by atoms with E-state index in [2.05, 4.69) is 10.6 Å². The number of piperidine rings is 1. The van der Waals surface area contributed by atoms with E-state index in [9.17, 15) is 9.59 Å². The Labute approximate surface area is 149 Å². The molecule has 1 aliphatic heterocycles. The number of para-hydroxylation sites is 1. The summed E-state index contributed by atoms with van der Waals surface area (Å²) in [6.45, 7) is 2.73. The molecule has 6 nitrogen and oxygen atoms in total. The molecular formula is C17H26ClN3O3. The lowest BCUT2D eigenvalue weighted by Gasteiger charge is -2.32. The van der Waals surface area contributed by atoms with Crippen LogP contribution in [0.5, 0.6) is 0 Å². The first-order valence-electron chi connectivity index (χ1n) is 8.04. The second-order valence-corrected chi connectivity index (χ2v) is 5.70. The fourth-order valence-corrected chi connectivity index (χ4v) is 2.66. The summed E-state index contributed by atoms with van der Waals surface area (Å²) in [7, 11) is 1.63. The van der Waals surface area contributed by atoms with Gasteiger partial charge in [-0.1, -0.05) is 18.2 Å². The molecule has 134 valence electrons. The van der Waals surface area contributed by atoms with E-state index in [1.807, 2.05) is 30.3 Å². The van der Waals surface area contributed by atoms with Gasteiger partial charge in [0.05, 0.1) is 19.1 Å². The third kappa shape index (κ3) is 6.47. The lowest BCUT2D eigenvalue weighted by molar-refractivity contribution is -0.133. The summed E-state index contributed by atoms with van der Waals surface area (Å²) in [6.07, 6.45) is 1.68. The molecule has 7 heteroatoms. The largest absolute Gasteiger partial charge is 0.383 e. The van der Waals surface area contributed by atoms with Crippen LogP contribution < -0.4 is 10.6 Å². The van der Waals surface area contributed by atoms with Crippen molar-refractivity contribution in [1.29, 1.82) is 0 Å². The number of amides is 2. The van der Waals surface area contributed by atoms with E-state index in [4.69, 9.17) is 4.74 Å². The monoisotopic (exact) mass is 355 g/mol.